The van der Waals surface area contributed by atoms with Crippen LogP contribution in [0.2, 0.25) is 0 Å². The molecule has 8 aromatic rings. The van der Waals surface area contributed by atoms with E-state index >= 15 is 0 Å². The van der Waals surface area contributed by atoms with Crippen LogP contribution in [0.3, 0.4) is 0 Å². The number of hydrogen-bond acceptors (Lipinski definition) is 2. The van der Waals surface area contributed by atoms with E-state index in [9.17, 15) is 0 Å². The van der Waals surface area contributed by atoms with Crippen molar-refractivity contribution in [2.75, 3.05) is 0 Å². The Morgan fingerprint density at radius 2 is 0.977 bits per heavy atom. The summed E-state index contributed by atoms with van der Waals surface area (Å²) in [6.45, 7) is 8.67. The van der Waals surface area contributed by atoms with Crippen LogP contribution in [0.4, 0.5) is 0 Å². The van der Waals surface area contributed by atoms with Crippen molar-refractivity contribution in [2.45, 2.75) is 27.7 Å². The van der Waals surface area contributed by atoms with Gasteiger partial charge in [-0.25, -0.2) is 4.98 Å². The van der Waals surface area contributed by atoms with Crippen LogP contribution in [-0.2, 0) is 0 Å². The van der Waals surface area contributed by atoms with Crippen molar-refractivity contribution >= 4 is 43.4 Å². The van der Waals surface area contributed by atoms with Crippen LogP contribution in [0.15, 0.2) is 121 Å². The summed E-state index contributed by atoms with van der Waals surface area (Å²) >= 11 is 0. The summed E-state index contributed by atoms with van der Waals surface area (Å²) in [6, 6.07) is 41.9. The number of fused-ring (bicyclic) bond motifs is 5. The average molecular weight is 565 g/mol. The van der Waals surface area contributed by atoms with Crippen LogP contribution < -0.4 is 0 Å². The Morgan fingerprint density at radius 1 is 0.409 bits per heavy atom. The first-order valence-electron chi connectivity index (χ1n) is 15.3. The van der Waals surface area contributed by atoms with Gasteiger partial charge in [0.25, 0.3) is 0 Å². The van der Waals surface area contributed by atoms with Gasteiger partial charge in [0.2, 0.25) is 0 Å². The molecule has 44 heavy (non-hydrogen) atoms. The molecule has 0 atom stereocenters. The lowest BCUT2D eigenvalue weighted by molar-refractivity contribution is 1.25. The highest BCUT2D eigenvalue weighted by atomic mass is 14.8. The Morgan fingerprint density at radius 3 is 1.75 bits per heavy atom. The molecule has 2 aromatic heterocycles. The predicted octanol–water partition coefficient (Wildman–Crippen LogP) is 11.3. The number of pyridine rings is 2. The SMILES string of the molecule is Cc1cnc2c(ccc3c(C)c(C)c(-c4ccc(-c5cccc6c(-c7cccc8ccccc78)cccc56)cc4)nc32)c1C. The van der Waals surface area contributed by atoms with Gasteiger partial charge >= 0.3 is 0 Å². The Kier molecular flexibility index (Phi) is 6.06. The fraction of sp³-hybridized carbons (Fsp3) is 0.0952. The minimum Gasteiger partial charge on any atom is -0.254 e. The maximum Gasteiger partial charge on any atom is 0.0975 e. The van der Waals surface area contributed by atoms with Crippen LogP contribution in [0.5, 0.6) is 0 Å². The molecule has 0 amide bonds. The van der Waals surface area contributed by atoms with E-state index in [4.69, 9.17) is 9.97 Å². The molecule has 210 valence electrons. The molecule has 0 fully saturated rings. The predicted molar refractivity (Wildman–Crippen MR) is 187 cm³/mol. The fourth-order valence-corrected chi connectivity index (χ4v) is 6.82. The van der Waals surface area contributed by atoms with Gasteiger partial charge in [-0.1, -0.05) is 115 Å². The van der Waals surface area contributed by atoms with Gasteiger partial charge in [0.15, 0.2) is 0 Å². The number of aromatic nitrogens is 2. The van der Waals surface area contributed by atoms with Gasteiger partial charge in [0, 0.05) is 22.5 Å². The molecule has 8 rings (SSSR count). The highest BCUT2D eigenvalue weighted by Crippen LogP contribution is 2.39. The molecule has 0 bridgehead atoms. The summed E-state index contributed by atoms with van der Waals surface area (Å²) in [5.74, 6) is 0. The number of nitrogens with zero attached hydrogens (tertiary/aromatic N) is 2. The van der Waals surface area contributed by atoms with E-state index in [-0.39, 0.29) is 0 Å². The van der Waals surface area contributed by atoms with Gasteiger partial charge in [-0.05, 0) is 93.7 Å². The number of benzene rings is 6. The second kappa shape index (κ2) is 10.1. The number of rotatable bonds is 3. The Balaban J connectivity index is 1.25. The van der Waals surface area contributed by atoms with E-state index in [1.807, 2.05) is 6.20 Å². The molecule has 0 saturated carbocycles. The lowest BCUT2D eigenvalue weighted by Crippen LogP contribution is -1.97. The molecule has 0 aliphatic carbocycles. The van der Waals surface area contributed by atoms with Crippen LogP contribution >= 0.6 is 0 Å². The molecule has 6 aromatic carbocycles. The lowest BCUT2D eigenvalue weighted by atomic mass is 9.90. The first kappa shape index (κ1) is 26.3. The van der Waals surface area contributed by atoms with Crippen LogP contribution in [0, 0.1) is 27.7 Å². The minimum absolute atomic E-state index is 0.975. The van der Waals surface area contributed by atoms with Crippen molar-refractivity contribution in [2.24, 2.45) is 0 Å². The monoisotopic (exact) mass is 564 g/mol. The zero-order valence-corrected chi connectivity index (χ0v) is 25.4. The highest BCUT2D eigenvalue weighted by Gasteiger charge is 2.16. The molecule has 2 heterocycles. The minimum atomic E-state index is 0.975. The van der Waals surface area contributed by atoms with E-state index < -0.39 is 0 Å². The quantitative estimate of drug-likeness (QED) is 0.199. The molecule has 0 N–H and O–H groups in total. The fourth-order valence-electron chi connectivity index (χ4n) is 6.82. The Bertz CT molecular complexity index is 2410. The second-order valence-corrected chi connectivity index (χ2v) is 11.9. The van der Waals surface area contributed by atoms with E-state index in [0.29, 0.717) is 0 Å². The van der Waals surface area contributed by atoms with Gasteiger partial charge in [0.05, 0.1) is 16.7 Å². The van der Waals surface area contributed by atoms with Gasteiger partial charge < -0.3 is 0 Å². The largest absolute Gasteiger partial charge is 0.254 e. The summed E-state index contributed by atoms with van der Waals surface area (Å²) in [5.41, 5.74) is 14.0. The van der Waals surface area contributed by atoms with Gasteiger partial charge in [-0.15, -0.1) is 0 Å². The van der Waals surface area contributed by atoms with Crippen molar-refractivity contribution in [1.82, 2.24) is 9.97 Å². The molecular formula is C42H32N2. The maximum absolute atomic E-state index is 5.26. The standard InChI is InChI=1S/C42H32N2/c1-25-24-43-41-32(26(25)2)22-23-33-27(3)28(4)40(44-42(33)41)31-20-18-30(19-21-31)35-13-8-16-38-37(35)15-9-17-39(38)36-14-7-11-29-10-5-6-12-34(29)36/h5-24H,1-4H3. The summed E-state index contributed by atoms with van der Waals surface area (Å²) in [7, 11) is 0. The Labute approximate surface area is 257 Å². The van der Waals surface area contributed by atoms with Crippen LogP contribution in [-0.4, -0.2) is 9.97 Å². The third kappa shape index (κ3) is 4.02. The van der Waals surface area contributed by atoms with Crippen molar-refractivity contribution in [3.8, 4) is 33.5 Å². The molecule has 2 nitrogen and oxygen atoms in total. The summed E-state index contributed by atoms with van der Waals surface area (Å²) in [5, 5.41) is 7.40. The summed E-state index contributed by atoms with van der Waals surface area (Å²) in [4.78, 5) is 10.1. The van der Waals surface area contributed by atoms with Crippen LogP contribution in [0.25, 0.3) is 76.9 Å². The van der Waals surface area contributed by atoms with Crippen molar-refractivity contribution in [3.63, 3.8) is 0 Å². The maximum atomic E-state index is 5.26. The zero-order valence-electron chi connectivity index (χ0n) is 25.4. The number of aryl methyl sites for hydroxylation is 3. The highest BCUT2D eigenvalue weighted by molar-refractivity contribution is 6.09. The second-order valence-electron chi connectivity index (χ2n) is 11.9. The first-order chi connectivity index (χ1) is 21.5. The van der Waals surface area contributed by atoms with E-state index in [2.05, 4.69) is 143 Å². The van der Waals surface area contributed by atoms with Gasteiger partial charge in [0.1, 0.15) is 0 Å². The average Bonchev–Trinajstić information content (AvgIpc) is 3.07. The molecule has 2 heteroatoms. The molecule has 0 aliphatic heterocycles. The molecule has 0 spiro atoms. The molecule has 0 radical (unpaired) electrons. The molecule has 0 aliphatic rings. The third-order valence-electron chi connectivity index (χ3n) is 9.55. The Hall–Kier alpha value is -5.34. The third-order valence-corrected chi connectivity index (χ3v) is 9.55. The topological polar surface area (TPSA) is 25.8 Å². The van der Waals surface area contributed by atoms with Gasteiger partial charge in [-0.3, -0.25) is 4.98 Å². The smallest absolute Gasteiger partial charge is 0.0975 e. The molecule has 0 saturated heterocycles. The van der Waals surface area contributed by atoms with Crippen molar-refractivity contribution < 1.29 is 0 Å². The summed E-state index contributed by atoms with van der Waals surface area (Å²) < 4.78 is 0. The van der Waals surface area contributed by atoms with Gasteiger partial charge in [-0.2, -0.15) is 0 Å². The van der Waals surface area contributed by atoms with Crippen molar-refractivity contribution in [3.05, 3.63) is 144 Å². The lowest BCUT2D eigenvalue weighted by Gasteiger charge is -2.15. The molecular weight excluding hydrogens is 532 g/mol. The van der Waals surface area contributed by atoms with E-state index in [1.165, 1.54) is 76.8 Å². The molecule has 0 unspecified atom stereocenters. The normalized spacial score (nSPS) is 11.6. The van der Waals surface area contributed by atoms with E-state index in [0.717, 1.165) is 22.3 Å². The zero-order chi connectivity index (χ0) is 29.9. The first-order valence-corrected chi connectivity index (χ1v) is 15.3. The summed E-state index contributed by atoms with van der Waals surface area (Å²) in [6.07, 6.45) is 1.97. The number of hydrogen-bond donors (Lipinski definition) is 0. The van der Waals surface area contributed by atoms with E-state index in [1.54, 1.807) is 0 Å². The van der Waals surface area contributed by atoms with Crippen LogP contribution in [0.1, 0.15) is 22.3 Å². The van der Waals surface area contributed by atoms with Crippen molar-refractivity contribution in [1.29, 1.82) is 0 Å².